The van der Waals surface area contributed by atoms with Crippen molar-refractivity contribution in [2.45, 2.75) is 0 Å². The second-order valence-electron chi connectivity index (χ2n) is 27.8. The van der Waals surface area contributed by atoms with Crippen LogP contribution in [0, 0.1) is 0 Å². The Hall–Kier alpha value is -15.3. The van der Waals surface area contributed by atoms with Gasteiger partial charge in [-0.3, -0.25) is 0 Å². The minimum Gasteiger partial charge on any atom is -0.453 e. The molecule has 11 heteroatoms. The van der Waals surface area contributed by atoms with Gasteiger partial charge in [-0.2, -0.15) is 0 Å². The Morgan fingerprint density at radius 1 is 0.205 bits per heavy atom. The number of hydrogen-bond donors (Lipinski definition) is 0. The molecule has 0 radical (unpaired) electrons. The van der Waals surface area contributed by atoms with Crippen molar-refractivity contribution in [3.05, 3.63) is 382 Å². The van der Waals surface area contributed by atoms with Crippen LogP contribution < -0.4 is 0 Å². The fourth-order valence-electron chi connectivity index (χ4n) is 15.9. The van der Waals surface area contributed by atoms with Crippen molar-refractivity contribution in [1.82, 2.24) is 44.0 Å². The highest BCUT2D eigenvalue weighted by Crippen LogP contribution is 2.50. The van der Waals surface area contributed by atoms with Gasteiger partial charge in [-0.25, -0.2) is 34.9 Å². The highest BCUT2D eigenvalue weighted by atomic mass is 16.3. The molecule has 14 aromatic carbocycles. The van der Waals surface area contributed by atoms with Crippen LogP contribution in [0.1, 0.15) is 0 Å². The van der Waals surface area contributed by atoms with E-state index in [4.69, 9.17) is 43.7 Å². The number of rotatable bonds is 12. The maximum atomic E-state index is 7.13. The molecule has 0 unspecified atom stereocenters. The van der Waals surface area contributed by atoms with Gasteiger partial charge in [0.05, 0.1) is 66.4 Å². The number of fused-ring (bicyclic) bond motifs is 14. The van der Waals surface area contributed by atoms with Crippen molar-refractivity contribution in [3.8, 4) is 124 Å². The molecule has 11 nitrogen and oxygen atoms in total. The lowest BCUT2D eigenvalue weighted by atomic mass is 9.98. The third kappa shape index (κ3) is 11.3. The first-order valence-electron chi connectivity index (χ1n) is 37.4. The molecule has 0 aliphatic rings. The summed E-state index contributed by atoms with van der Waals surface area (Å²) in [4.78, 5) is 35.4. The molecule has 8 heterocycles. The van der Waals surface area contributed by atoms with Crippen molar-refractivity contribution in [1.29, 1.82) is 0 Å². The first-order valence-corrected chi connectivity index (χ1v) is 37.4. The Kier molecular flexibility index (Phi) is 15.9. The van der Waals surface area contributed by atoms with E-state index in [9.17, 15) is 0 Å². The molecule has 22 rings (SSSR count). The topological polar surface area (TPSA) is 126 Å². The van der Waals surface area contributed by atoms with E-state index in [0.29, 0.717) is 23.3 Å². The van der Waals surface area contributed by atoms with E-state index < -0.39 is 0 Å². The average Bonchev–Trinajstić information content (AvgIpc) is 1.54. The largest absolute Gasteiger partial charge is 0.453 e. The van der Waals surface area contributed by atoms with Crippen molar-refractivity contribution >= 4 is 87.7 Å². The van der Waals surface area contributed by atoms with Crippen LogP contribution in [0.5, 0.6) is 0 Å². The molecule has 0 aliphatic carbocycles. The Morgan fingerprint density at radius 2 is 0.500 bits per heavy atom. The van der Waals surface area contributed by atoms with Crippen LogP contribution in [-0.4, -0.2) is 44.0 Å². The molecule has 0 bridgehead atoms. The van der Waals surface area contributed by atoms with E-state index in [2.05, 4.69) is 264 Å². The van der Waals surface area contributed by atoms with Crippen molar-refractivity contribution in [2.24, 2.45) is 0 Å². The summed E-state index contributed by atoms with van der Waals surface area (Å²) in [5, 5.41) is 6.05. The standard InChI is InChI=1S/C51H32N4O.C50H31N5O/c1-5-16-34(17-6-1)42-32-43(54-51(53-42)37-20-9-3-10-21-37)35-30-28-33(29-31-35)39-25-15-27-44-45(39)50-48(55(44)38-22-11-4-12-23-38)46-47(36-18-7-2-8-19-36)52-41-26-14-13-24-40(41)49(46)56-50;1-5-16-33(17-6-1)44-43-45-47(56-46(43)39-24-13-14-26-40(39)51-44)42-38(25-15-27-41(42)55(45)37-22-11-4-12-23-37)32-28-30-36(31-29-32)50-53-48(34-18-7-2-8-19-34)52-49(54-50)35-20-9-3-10-21-35/h1-32H;1-31H. The van der Waals surface area contributed by atoms with Gasteiger partial charge < -0.3 is 18.0 Å². The third-order valence-corrected chi connectivity index (χ3v) is 21.1. The number of furan rings is 2. The molecule has 0 N–H and O–H groups in total. The van der Waals surface area contributed by atoms with E-state index in [1.165, 1.54) is 0 Å². The highest BCUT2D eigenvalue weighted by molar-refractivity contribution is 6.28. The van der Waals surface area contributed by atoms with Crippen LogP contribution in [0.25, 0.3) is 212 Å². The molecular weight excluding hydrogens is 1370 g/mol. The molecule has 0 fully saturated rings. The van der Waals surface area contributed by atoms with Gasteiger partial charge in [0.2, 0.25) is 0 Å². The third-order valence-electron chi connectivity index (χ3n) is 21.1. The number of hydrogen-bond acceptors (Lipinski definition) is 9. The second kappa shape index (κ2) is 27.5. The molecule has 0 amide bonds. The molecule has 22 aromatic rings. The average molecular weight is 1430 g/mol. The zero-order chi connectivity index (χ0) is 74.0. The van der Waals surface area contributed by atoms with Gasteiger partial charge in [0.25, 0.3) is 0 Å². The molecular formula is C101H63N9O2. The van der Waals surface area contributed by atoms with Crippen LogP contribution in [-0.2, 0) is 0 Å². The predicted octanol–water partition coefficient (Wildman–Crippen LogP) is 25.8. The van der Waals surface area contributed by atoms with Gasteiger partial charge in [0.15, 0.2) is 34.5 Å². The van der Waals surface area contributed by atoms with Gasteiger partial charge in [-0.15, -0.1) is 0 Å². The predicted molar refractivity (Wildman–Crippen MR) is 455 cm³/mol. The summed E-state index contributed by atoms with van der Waals surface area (Å²) in [7, 11) is 0. The van der Waals surface area contributed by atoms with Crippen LogP contribution >= 0.6 is 0 Å². The van der Waals surface area contributed by atoms with Gasteiger partial charge in [0.1, 0.15) is 22.2 Å². The second-order valence-corrected chi connectivity index (χ2v) is 27.8. The van der Waals surface area contributed by atoms with Crippen LogP contribution in [0.15, 0.2) is 391 Å². The Morgan fingerprint density at radius 3 is 0.884 bits per heavy atom. The van der Waals surface area contributed by atoms with Crippen LogP contribution in [0.4, 0.5) is 0 Å². The molecule has 524 valence electrons. The van der Waals surface area contributed by atoms with E-state index >= 15 is 0 Å². The molecule has 8 aromatic heterocycles. The number of benzene rings is 14. The minimum atomic E-state index is 0.616. The molecule has 0 spiro atoms. The summed E-state index contributed by atoms with van der Waals surface area (Å²) < 4.78 is 18.9. The zero-order valence-corrected chi connectivity index (χ0v) is 60.2. The smallest absolute Gasteiger partial charge is 0.164 e. The summed E-state index contributed by atoms with van der Waals surface area (Å²) in [6, 6.07) is 131. The van der Waals surface area contributed by atoms with Crippen LogP contribution in [0.3, 0.4) is 0 Å². The van der Waals surface area contributed by atoms with Gasteiger partial charge >= 0.3 is 0 Å². The van der Waals surface area contributed by atoms with E-state index in [0.717, 1.165) is 189 Å². The van der Waals surface area contributed by atoms with Gasteiger partial charge in [-0.05, 0) is 89.0 Å². The van der Waals surface area contributed by atoms with Crippen molar-refractivity contribution < 1.29 is 8.83 Å². The molecule has 112 heavy (non-hydrogen) atoms. The molecule has 0 atom stereocenters. The minimum absolute atomic E-state index is 0.616. The first-order chi connectivity index (χ1) is 55.6. The molecule has 0 saturated carbocycles. The number of nitrogens with zero attached hydrogens (tertiary/aromatic N) is 9. The lowest BCUT2D eigenvalue weighted by Crippen LogP contribution is -2.00. The van der Waals surface area contributed by atoms with E-state index in [1.807, 2.05) is 127 Å². The summed E-state index contributed by atoms with van der Waals surface area (Å²) in [5.74, 6) is 2.58. The van der Waals surface area contributed by atoms with E-state index in [1.54, 1.807) is 0 Å². The van der Waals surface area contributed by atoms with Crippen LogP contribution in [0.2, 0.25) is 0 Å². The summed E-state index contributed by atoms with van der Waals surface area (Å²) in [5.41, 5.74) is 27.1. The van der Waals surface area contributed by atoms with Crippen molar-refractivity contribution in [3.63, 3.8) is 0 Å². The number of aromatic nitrogens is 9. The summed E-state index contributed by atoms with van der Waals surface area (Å²) in [6.45, 7) is 0. The normalized spacial score (nSPS) is 11.6. The maximum Gasteiger partial charge on any atom is 0.164 e. The molecule has 0 saturated heterocycles. The lowest BCUT2D eigenvalue weighted by molar-refractivity contribution is 0.676. The van der Waals surface area contributed by atoms with Gasteiger partial charge in [0, 0.05) is 66.7 Å². The highest BCUT2D eigenvalue weighted by Gasteiger charge is 2.29. The van der Waals surface area contributed by atoms with Crippen molar-refractivity contribution in [2.75, 3.05) is 0 Å². The fourth-order valence-corrected chi connectivity index (χ4v) is 15.9. The quantitative estimate of drug-likeness (QED) is 0.117. The SMILES string of the molecule is c1ccc(-c2cc(-c3ccc(-c4cccc5c4c4oc6c7ccccc7nc(-c7ccccc7)c6c4n5-c4ccccc4)cc3)nc(-c3ccccc3)n2)cc1.c1ccc(-c2nc(-c3ccccc3)nc(-c3ccc(-c4cccc5c4c4oc6c7ccccc7nc(-c7ccccc7)c6c4n5-c4ccccc4)cc3)n2)cc1. The maximum absolute atomic E-state index is 7.13. The number of pyridine rings is 2. The Bertz CT molecular complexity index is 6740. The zero-order valence-electron chi connectivity index (χ0n) is 60.2. The summed E-state index contributed by atoms with van der Waals surface area (Å²) in [6.07, 6.45) is 0. The van der Waals surface area contributed by atoms with Gasteiger partial charge in [-0.1, -0.05) is 315 Å². The molecule has 0 aliphatic heterocycles. The summed E-state index contributed by atoms with van der Waals surface area (Å²) >= 11 is 0. The lowest BCUT2D eigenvalue weighted by Gasteiger charge is -2.12. The Balaban J connectivity index is 0.000000141. The Labute approximate surface area is 643 Å². The monoisotopic (exact) mass is 1430 g/mol. The van der Waals surface area contributed by atoms with E-state index in [-0.39, 0.29) is 0 Å². The fraction of sp³-hybridized carbons (Fsp3) is 0. The number of para-hydroxylation sites is 4. The first kappa shape index (κ1) is 65.0.